The lowest BCUT2D eigenvalue weighted by Gasteiger charge is -2.20. The highest BCUT2D eigenvalue weighted by Crippen LogP contribution is 2.38. The van der Waals surface area contributed by atoms with Gasteiger partial charge in [0.05, 0.1) is 0 Å². The van der Waals surface area contributed by atoms with Gasteiger partial charge in [0.1, 0.15) is 12.1 Å². The van der Waals surface area contributed by atoms with Crippen LogP contribution in [0.15, 0.2) is 79.1 Å². The van der Waals surface area contributed by atoms with E-state index < -0.39 is 18.0 Å². The van der Waals surface area contributed by atoms with Gasteiger partial charge in [-0.05, 0) is 46.9 Å². The van der Waals surface area contributed by atoms with Gasteiger partial charge in [0.15, 0.2) is 5.82 Å². The molecular weight excluding hydrogens is 453 g/mol. The molecule has 0 N–H and O–H groups in total. The number of benzene rings is 3. The molecule has 4 aromatic rings. The Morgan fingerprint density at radius 3 is 1.97 bits per heavy atom. The predicted octanol–water partition coefficient (Wildman–Crippen LogP) is 7.26. The molecule has 1 aromatic heterocycles. The maximum atomic E-state index is 13.2. The van der Waals surface area contributed by atoms with Crippen LogP contribution in [0.5, 0.6) is 5.75 Å². The fourth-order valence-corrected chi connectivity index (χ4v) is 3.65. The van der Waals surface area contributed by atoms with E-state index in [2.05, 4.69) is 34.8 Å². The van der Waals surface area contributed by atoms with Crippen molar-refractivity contribution in [2.24, 2.45) is 0 Å². The molecule has 34 heavy (non-hydrogen) atoms. The highest BCUT2D eigenvalue weighted by atomic mass is 19.4. The minimum atomic E-state index is -5.82. The fraction of sp³-hybridized carbons (Fsp3) is 0.200. The van der Waals surface area contributed by atoms with Crippen LogP contribution in [0, 0.1) is 0 Å². The number of aromatic nitrogens is 3. The van der Waals surface area contributed by atoms with Gasteiger partial charge in [0.25, 0.3) is 0 Å². The van der Waals surface area contributed by atoms with Crippen molar-refractivity contribution in [3.05, 3.63) is 84.7 Å². The van der Waals surface area contributed by atoms with E-state index >= 15 is 0 Å². The molecule has 1 heterocycles. The van der Waals surface area contributed by atoms with Crippen LogP contribution in [0.1, 0.15) is 25.3 Å². The summed E-state index contributed by atoms with van der Waals surface area (Å²) in [6, 6.07) is 20.5. The molecule has 0 amide bonds. The monoisotopic (exact) mass is 473 g/mol. The fourth-order valence-electron chi connectivity index (χ4n) is 3.65. The molecule has 4 nitrogen and oxygen atoms in total. The van der Waals surface area contributed by atoms with Crippen molar-refractivity contribution in [3.63, 3.8) is 0 Å². The van der Waals surface area contributed by atoms with Gasteiger partial charge >= 0.3 is 12.3 Å². The van der Waals surface area contributed by atoms with Gasteiger partial charge in [0, 0.05) is 11.3 Å². The zero-order valence-electron chi connectivity index (χ0n) is 18.2. The van der Waals surface area contributed by atoms with Crippen LogP contribution in [0.25, 0.3) is 28.2 Å². The third-order valence-corrected chi connectivity index (χ3v) is 5.28. The van der Waals surface area contributed by atoms with Crippen LogP contribution in [-0.4, -0.2) is 27.0 Å². The van der Waals surface area contributed by atoms with Crippen molar-refractivity contribution < 1.29 is 26.7 Å². The van der Waals surface area contributed by atoms with Crippen molar-refractivity contribution in [1.82, 2.24) is 14.8 Å². The Balaban J connectivity index is 1.72. The average Bonchev–Trinajstić information content (AvgIpc) is 3.28. The molecule has 0 aliphatic heterocycles. The summed E-state index contributed by atoms with van der Waals surface area (Å²) >= 11 is 0. The molecule has 9 heteroatoms. The number of hydrogen-bond donors (Lipinski definition) is 0. The summed E-state index contributed by atoms with van der Waals surface area (Å²) in [4.78, 5) is 0. The van der Waals surface area contributed by atoms with Crippen LogP contribution in [-0.2, 0) is 0 Å². The summed E-state index contributed by atoms with van der Waals surface area (Å²) in [6.45, 7) is 4.21. The molecule has 3 aromatic carbocycles. The summed E-state index contributed by atoms with van der Waals surface area (Å²) < 4.78 is 69.2. The first-order valence-electron chi connectivity index (χ1n) is 10.4. The summed E-state index contributed by atoms with van der Waals surface area (Å²) in [7, 11) is 0. The molecule has 0 spiro atoms. The third kappa shape index (κ3) is 4.50. The second-order valence-corrected chi connectivity index (χ2v) is 7.92. The van der Waals surface area contributed by atoms with Gasteiger partial charge in [-0.2, -0.15) is 22.0 Å². The van der Waals surface area contributed by atoms with Crippen molar-refractivity contribution in [2.75, 3.05) is 0 Å². The first-order valence-corrected chi connectivity index (χ1v) is 10.4. The lowest BCUT2D eigenvalue weighted by molar-refractivity contribution is -0.360. The molecule has 0 aliphatic carbocycles. The van der Waals surface area contributed by atoms with Crippen LogP contribution in [0.2, 0.25) is 0 Å². The van der Waals surface area contributed by atoms with Gasteiger partial charge in [-0.25, -0.2) is 0 Å². The predicted molar refractivity (Wildman–Crippen MR) is 118 cm³/mol. The van der Waals surface area contributed by atoms with Gasteiger partial charge in [0.2, 0.25) is 0 Å². The van der Waals surface area contributed by atoms with Crippen molar-refractivity contribution in [3.8, 4) is 34.0 Å². The second kappa shape index (κ2) is 8.89. The van der Waals surface area contributed by atoms with E-state index in [0.717, 1.165) is 34.4 Å². The number of hydrogen-bond acceptors (Lipinski definition) is 3. The quantitative estimate of drug-likeness (QED) is 0.277. The first kappa shape index (κ1) is 23.4. The summed E-state index contributed by atoms with van der Waals surface area (Å²) in [5, 5.41) is 8.24. The molecular formula is C25H20F5N3O. The lowest BCUT2D eigenvalue weighted by atomic mass is 9.90. The zero-order chi connectivity index (χ0) is 24.5. The summed E-state index contributed by atoms with van der Waals surface area (Å²) in [6.07, 6.45) is -9.66. The summed E-state index contributed by atoms with van der Waals surface area (Å²) in [5.41, 5.74) is 4.39. The van der Waals surface area contributed by atoms with Gasteiger partial charge < -0.3 is 4.74 Å². The van der Waals surface area contributed by atoms with Crippen molar-refractivity contribution >= 4 is 0 Å². The molecule has 0 fully saturated rings. The van der Waals surface area contributed by atoms with Crippen molar-refractivity contribution in [1.29, 1.82) is 0 Å². The number of halogens is 5. The summed E-state index contributed by atoms with van der Waals surface area (Å²) in [5.74, 6) is 0.153. The molecule has 176 valence electrons. The smallest absolute Gasteiger partial charge is 0.426 e. The highest BCUT2D eigenvalue weighted by Gasteiger charge is 2.61. The van der Waals surface area contributed by atoms with Crippen LogP contribution in [0.3, 0.4) is 0 Å². The molecule has 0 aliphatic rings. The van der Waals surface area contributed by atoms with E-state index in [0.29, 0.717) is 11.5 Å². The van der Waals surface area contributed by atoms with Crippen LogP contribution >= 0.6 is 0 Å². The Bertz CT molecular complexity index is 1280. The minimum Gasteiger partial charge on any atom is -0.426 e. The van der Waals surface area contributed by atoms with Gasteiger partial charge in [-0.1, -0.05) is 62.4 Å². The zero-order valence-corrected chi connectivity index (χ0v) is 18.2. The molecule has 0 unspecified atom stereocenters. The number of rotatable bonds is 6. The maximum Gasteiger partial charge on any atom is 0.499 e. The molecule has 0 saturated carbocycles. The second-order valence-electron chi connectivity index (χ2n) is 7.92. The van der Waals surface area contributed by atoms with E-state index in [9.17, 15) is 22.0 Å². The Hall–Kier alpha value is -3.75. The normalized spacial score (nSPS) is 12.2. The number of alkyl halides is 5. The Kier molecular flexibility index (Phi) is 6.12. The van der Waals surface area contributed by atoms with E-state index in [1.165, 1.54) is 18.5 Å². The third-order valence-electron chi connectivity index (χ3n) is 5.28. The van der Waals surface area contributed by atoms with Crippen molar-refractivity contribution in [2.45, 2.75) is 32.1 Å². The molecule has 0 bridgehead atoms. The van der Waals surface area contributed by atoms with Gasteiger partial charge in [-0.15, -0.1) is 10.2 Å². The van der Waals surface area contributed by atoms with E-state index in [4.69, 9.17) is 0 Å². The Morgan fingerprint density at radius 2 is 1.35 bits per heavy atom. The van der Waals surface area contributed by atoms with Gasteiger partial charge in [-0.3, -0.25) is 4.57 Å². The molecule has 0 radical (unpaired) electrons. The standard InChI is InChI=1S/C25H20F5N3O/c1-16(2)19-7-3-4-8-20(19)21-9-5-6-10-22(21)23-32-31-15-33(23)17-11-13-18(14-12-17)34-25(29,30)24(26,27)28/h3-16H,1-2H3. The number of nitrogens with zero attached hydrogens (tertiary/aromatic N) is 3. The molecule has 0 atom stereocenters. The average molecular weight is 473 g/mol. The highest BCUT2D eigenvalue weighted by molar-refractivity contribution is 5.83. The van der Waals surface area contributed by atoms with E-state index in [-0.39, 0.29) is 5.92 Å². The van der Waals surface area contributed by atoms with E-state index in [1.807, 2.05) is 42.5 Å². The van der Waals surface area contributed by atoms with E-state index in [1.54, 1.807) is 4.57 Å². The SMILES string of the molecule is CC(C)c1ccccc1-c1ccccc1-c1nncn1-c1ccc(OC(F)(F)C(F)(F)F)cc1. The molecule has 0 saturated heterocycles. The minimum absolute atomic E-state index is 0.282. The topological polar surface area (TPSA) is 39.9 Å². The number of ether oxygens (including phenoxy) is 1. The Labute approximate surface area is 192 Å². The van der Waals surface area contributed by atoms with Crippen LogP contribution < -0.4 is 4.74 Å². The molecule has 4 rings (SSSR count). The largest absolute Gasteiger partial charge is 0.499 e. The Morgan fingerprint density at radius 1 is 0.765 bits per heavy atom. The maximum absolute atomic E-state index is 13.2. The lowest BCUT2D eigenvalue weighted by Crippen LogP contribution is -2.41. The first-order chi connectivity index (χ1) is 16.1. The van der Waals surface area contributed by atoms with Crippen LogP contribution in [0.4, 0.5) is 22.0 Å².